The van der Waals surface area contributed by atoms with Gasteiger partial charge in [0.15, 0.2) is 0 Å². The van der Waals surface area contributed by atoms with Crippen molar-refractivity contribution in [3.05, 3.63) is 77.9 Å². The van der Waals surface area contributed by atoms with Crippen molar-refractivity contribution >= 4 is 34.2 Å². The molecule has 0 saturated carbocycles. The lowest BCUT2D eigenvalue weighted by Gasteiger charge is -2.09. The van der Waals surface area contributed by atoms with E-state index in [0.29, 0.717) is 11.3 Å². The first-order chi connectivity index (χ1) is 13.6. The number of amides is 2. The van der Waals surface area contributed by atoms with Crippen LogP contribution in [0, 0.1) is 0 Å². The second-order valence-corrected chi connectivity index (χ2v) is 6.20. The van der Waals surface area contributed by atoms with Crippen LogP contribution in [0.3, 0.4) is 0 Å². The Morgan fingerprint density at radius 3 is 2.36 bits per heavy atom. The van der Waals surface area contributed by atoms with Gasteiger partial charge in [-0.3, -0.25) is 14.4 Å². The first kappa shape index (κ1) is 19.1. The molecule has 0 heterocycles. The zero-order valence-corrected chi connectivity index (χ0v) is 15.4. The third-order valence-corrected chi connectivity index (χ3v) is 4.28. The van der Waals surface area contributed by atoms with Crippen molar-refractivity contribution in [2.45, 2.75) is 6.42 Å². The fourth-order valence-corrected chi connectivity index (χ4v) is 2.86. The number of carbonyl (C=O) groups excluding carboxylic acids is 3. The maximum Gasteiger partial charge on any atom is 0.325 e. The molecule has 0 aromatic heterocycles. The molecule has 2 N–H and O–H groups in total. The summed E-state index contributed by atoms with van der Waals surface area (Å²) in [6.45, 7) is -0.196. The predicted molar refractivity (Wildman–Crippen MR) is 107 cm³/mol. The molecule has 0 spiro atoms. The molecule has 0 fully saturated rings. The molecular weight excluding hydrogens is 356 g/mol. The number of fused-ring (bicyclic) bond motifs is 1. The average Bonchev–Trinajstić information content (AvgIpc) is 2.72. The van der Waals surface area contributed by atoms with E-state index >= 15 is 0 Å². The summed E-state index contributed by atoms with van der Waals surface area (Å²) >= 11 is 0. The monoisotopic (exact) mass is 376 g/mol. The number of benzene rings is 3. The van der Waals surface area contributed by atoms with E-state index in [0.717, 1.165) is 16.3 Å². The van der Waals surface area contributed by atoms with Crippen molar-refractivity contribution in [1.29, 1.82) is 0 Å². The van der Waals surface area contributed by atoms with E-state index in [1.807, 2.05) is 42.5 Å². The molecule has 0 atom stereocenters. The second-order valence-electron chi connectivity index (χ2n) is 6.20. The van der Waals surface area contributed by atoms with E-state index in [9.17, 15) is 14.4 Å². The maximum atomic E-state index is 12.4. The Morgan fingerprint density at radius 1 is 0.893 bits per heavy atom. The van der Waals surface area contributed by atoms with Crippen LogP contribution < -0.4 is 10.6 Å². The smallest absolute Gasteiger partial charge is 0.325 e. The molecule has 6 nitrogen and oxygen atoms in total. The molecule has 3 rings (SSSR count). The molecule has 0 aliphatic carbocycles. The van der Waals surface area contributed by atoms with Gasteiger partial charge in [0.1, 0.15) is 6.54 Å². The van der Waals surface area contributed by atoms with Crippen LogP contribution in [-0.2, 0) is 20.7 Å². The van der Waals surface area contributed by atoms with Gasteiger partial charge in [0.25, 0.3) is 5.91 Å². The largest absolute Gasteiger partial charge is 0.468 e. The fraction of sp³-hybridized carbons (Fsp3) is 0.136. The van der Waals surface area contributed by atoms with Crippen LogP contribution >= 0.6 is 0 Å². The first-order valence-corrected chi connectivity index (χ1v) is 8.78. The molecule has 0 aliphatic rings. The molecule has 28 heavy (non-hydrogen) atoms. The zero-order chi connectivity index (χ0) is 19.9. The van der Waals surface area contributed by atoms with E-state index < -0.39 is 5.97 Å². The molecule has 0 unspecified atom stereocenters. The zero-order valence-electron chi connectivity index (χ0n) is 15.4. The van der Waals surface area contributed by atoms with Crippen molar-refractivity contribution in [3.8, 4) is 0 Å². The third-order valence-electron chi connectivity index (χ3n) is 4.28. The van der Waals surface area contributed by atoms with Gasteiger partial charge in [-0.1, -0.05) is 42.5 Å². The molecule has 142 valence electrons. The minimum Gasteiger partial charge on any atom is -0.468 e. The lowest BCUT2D eigenvalue weighted by molar-refractivity contribution is -0.139. The van der Waals surface area contributed by atoms with Crippen molar-refractivity contribution in [2.24, 2.45) is 0 Å². The molecule has 3 aromatic carbocycles. The number of anilines is 1. The Balaban J connectivity index is 1.61. The summed E-state index contributed by atoms with van der Waals surface area (Å²) in [6, 6.07) is 20.3. The van der Waals surface area contributed by atoms with Crippen LogP contribution in [0.2, 0.25) is 0 Å². The number of hydrogen-bond acceptors (Lipinski definition) is 4. The van der Waals surface area contributed by atoms with Gasteiger partial charge in [-0.05, 0) is 40.6 Å². The van der Waals surface area contributed by atoms with Crippen LogP contribution in [0.15, 0.2) is 66.7 Å². The number of carbonyl (C=O) groups is 3. The quantitative estimate of drug-likeness (QED) is 0.648. The highest BCUT2D eigenvalue weighted by Gasteiger charge is 2.10. The maximum absolute atomic E-state index is 12.4. The summed E-state index contributed by atoms with van der Waals surface area (Å²) in [6.07, 6.45) is 0.253. The van der Waals surface area contributed by atoms with Crippen molar-refractivity contribution in [3.63, 3.8) is 0 Å². The van der Waals surface area contributed by atoms with Crippen LogP contribution in [0.1, 0.15) is 15.9 Å². The third kappa shape index (κ3) is 4.73. The van der Waals surface area contributed by atoms with E-state index in [4.69, 9.17) is 0 Å². The van der Waals surface area contributed by atoms with Crippen molar-refractivity contribution < 1.29 is 19.1 Å². The summed E-state index contributed by atoms with van der Waals surface area (Å²) in [4.78, 5) is 35.4. The number of hydrogen-bond donors (Lipinski definition) is 2. The highest BCUT2D eigenvalue weighted by atomic mass is 16.5. The van der Waals surface area contributed by atoms with Crippen LogP contribution in [0.5, 0.6) is 0 Å². The molecule has 0 radical (unpaired) electrons. The standard InChI is InChI=1S/C22H20N2O4/c1-28-21(26)14-23-22(27)16-9-11-18(12-10-16)24-20(25)13-17-7-4-6-15-5-2-3-8-19(15)17/h2-12H,13-14H2,1H3,(H,23,27)(H,24,25). The van der Waals surface area contributed by atoms with Gasteiger partial charge in [-0.2, -0.15) is 0 Å². The predicted octanol–water partition coefficient (Wildman–Crippen LogP) is 2.92. The minimum absolute atomic E-state index is 0.140. The molecule has 2 amide bonds. The number of nitrogens with one attached hydrogen (secondary N) is 2. The van der Waals surface area contributed by atoms with Gasteiger partial charge in [0.2, 0.25) is 5.91 Å². The van der Waals surface area contributed by atoms with Crippen LogP contribution in [-0.4, -0.2) is 31.4 Å². The summed E-state index contributed by atoms with van der Waals surface area (Å²) in [7, 11) is 1.25. The van der Waals surface area contributed by atoms with Crippen LogP contribution in [0.4, 0.5) is 5.69 Å². The lowest BCUT2D eigenvalue weighted by Crippen LogP contribution is -2.30. The topological polar surface area (TPSA) is 84.5 Å². The Bertz CT molecular complexity index is 1010. The van der Waals surface area contributed by atoms with Gasteiger partial charge in [0, 0.05) is 11.3 Å². The Labute approximate surface area is 162 Å². The van der Waals surface area contributed by atoms with E-state index in [1.54, 1.807) is 24.3 Å². The summed E-state index contributed by atoms with van der Waals surface area (Å²) in [5.74, 6) is -1.05. The number of methoxy groups -OCH3 is 1. The average molecular weight is 376 g/mol. The Kier molecular flexibility index (Phi) is 6.01. The molecular formula is C22H20N2O4. The van der Waals surface area contributed by atoms with Gasteiger partial charge in [-0.15, -0.1) is 0 Å². The highest BCUT2D eigenvalue weighted by Crippen LogP contribution is 2.19. The van der Waals surface area contributed by atoms with E-state index in [1.165, 1.54) is 7.11 Å². The summed E-state index contributed by atoms with van der Waals surface area (Å²) < 4.78 is 4.47. The number of esters is 1. The van der Waals surface area contributed by atoms with Gasteiger partial charge >= 0.3 is 5.97 Å². The normalized spacial score (nSPS) is 10.3. The number of rotatable bonds is 6. The molecule has 0 saturated heterocycles. The Hall–Kier alpha value is -3.67. The molecule has 0 bridgehead atoms. The van der Waals surface area contributed by atoms with E-state index in [2.05, 4.69) is 15.4 Å². The van der Waals surface area contributed by atoms with E-state index in [-0.39, 0.29) is 24.8 Å². The number of ether oxygens (including phenoxy) is 1. The SMILES string of the molecule is COC(=O)CNC(=O)c1ccc(NC(=O)Cc2cccc3ccccc23)cc1. The first-order valence-electron chi connectivity index (χ1n) is 8.78. The van der Waals surface area contributed by atoms with Gasteiger partial charge in [-0.25, -0.2) is 0 Å². The highest BCUT2D eigenvalue weighted by molar-refractivity contribution is 5.98. The van der Waals surface area contributed by atoms with Crippen molar-refractivity contribution in [1.82, 2.24) is 5.32 Å². The lowest BCUT2D eigenvalue weighted by atomic mass is 10.0. The Morgan fingerprint density at radius 2 is 1.61 bits per heavy atom. The van der Waals surface area contributed by atoms with Gasteiger partial charge < -0.3 is 15.4 Å². The molecule has 3 aromatic rings. The van der Waals surface area contributed by atoms with Gasteiger partial charge in [0.05, 0.1) is 13.5 Å². The van der Waals surface area contributed by atoms with Crippen LogP contribution in [0.25, 0.3) is 10.8 Å². The second kappa shape index (κ2) is 8.81. The minimum atomic E-state index is -0.523. The fourth-order valence-electron chi connectivity index (χ4n) is 2.86. The molecule has 6 heteroatoms. The summed E-state index contributed by atoms with van der Waals surface area (Å²) in [5.41, 5.74) is 1.93. The summed E-state index contributed by atoms with van der Waals surface area (Å²) in [5, 5.41) is 7.44. The molecule has 0 aliphatic heterocycles. The van der Waals surface area contributed by atoms with Crippen molar-refractivity contribution in [2.75, 3.05) is 19.0 Å².